The number of carboxylic acids is 1. The van der Waals surface area contributed by atoms with Crippen LogP contribution < -0.4 is 21.9 Å². The fourth-order valence-corrected chi connectivity index (χ4v) is 4.77. The minimum Gasteiger partial charge on any atom is -0.480 e. The van der Waals surface area contributed by atoms with Crippen molar-refractivity contribution in [3.8, 4) is 0 Å². The second-order valence-corrected chi connectivity index (χ2v) is 11.1. The zero-order valence-electron chi connectivity index (χ0n) is 23.7. The number of para-hydroxylation sites is 2. The van der Waals surface area contributed by atoms with Crippen molar-refractivity contribution in [3.05, 3.63) is 81.1 Å². The smallest absolute Gasteiger partial charge is 0.407 e. The van der Waals surface area contributed by atoms with Gasteiger partial charge in [0.05, 0.1) is 10.9 Å². The molecule has 222 valence electrons. The number of aromatic nitrogens is 3. The zero-order valence-corrected chi connectivity index (χ0v) is 23.7. The summed E-state index contributed by atoms with van der Waals surface area (Å²) in [6.07, 6.45) is 1.98. The van der Waals surface area contributed by atoms with E-state index in [2.05, 4.69) is 20.6 Å². The molecular weight excluding hydrogens is 542 g/mol. The molecule has 0 spiro atoms. The number of benzene rings is 2. The minimum absolute atomic E-state index is 0.0384. The second-order valence-electron chi connectivity index (χ2n) is 11.1. The lowest BCUT2D eigenvalue weighted by molar-refractivity contribution is -0.142. The molecule has 0 aliphatic rings. The van der Waals surface area contributed by atoms with Crippen molar-refractivity contribution in [1.29, 1.82) is 0 Å². The number of amides is 2. The van der Waals surface area contributed by atoms with Gasteiger partial charge in [0.15, 0.2) is 0 Å². The Bertz CT molecular complexity index is 1710. The average molecular weight is 578 g/mol. The Labute approximate surface area is 241 Å². The van der Waals surface area contributed by atoms with Crippen molar-refractivity contribution in [1.82, 2.24) is 25.2 Å². The van der Waals surface area contributed by atoms with Gasteiger partial charge >= 0.3 is 17.8 Å². The van der Waals surface area contributed by atoms with Crippen LogP contribution in [-0.2, 0) is 20.7 Å². The van der Waals surface area contributed by atoms with Crippen LogP contribution in [0.3, 0.4) is 0 Å². The van der Waals surface area contributed by atoms with E-state index in [1.54, 1.807) is 51.2 Å². The summed E-state index contributed by atoms with van der Waals surface area (Å²) < 4.78 is 6.03. The number of alkyl carbamates (subject to hydrolysis) is 1. The highest BCUT2D eigenvalue weighted by molar-refractivity contribution is 5.88. The van der Waals surface area contributed by atoms with E-state index in [9.17, 15) is 29.1 Å². The maximum atomic E-state index is 13.7. The van der Waals surface area contributed by atoms with Gasteiger partial charge in [-0.25, -0.2) is 19.0 Å². The quantitative estimate of drug-likeness (QED) is 0.170. The summed E-state index contributed by atoms with van der Waals surface area (Å²) in [4.78, 5) is 70.0. The van der Waals surface area contributed by atoms with Crippen molar-refractivity contribution in [2.24, 2.45) is 0 Å². The number of hydrogen-bond donors (Lipinski definition) is 5. The van der Waals surface area contributed by atoms with Crippen LogP contribution in [0.5, 0.6) is 0 Å². The first-order chi connectivity index (χ1) is 19.9. The van der Waals surface area contributed by atoms with E-state index in [-0.39, 0.29) is 24.8 Å². The lowest BCUT2D eigenvalue weighted by Gasteiger charge is -2.22. The number of unbranched alkanes of at least 4 members (excludes halogenated alkanes) is 1. The first-order valence-corrected chi connectivity index (χ1v) is 13.7. The molecule has 0 radical (unpaired) electrons. The normalized spacial score (nSPS) is 13.0. The average Bonchev–Trinajstić information content (AvgIpc) is 3.33. The first-order valence-electron chi connectivity index (χ1n) is 13.7. The third-order valence-corrected chi connectivity index (χ3v) is 6.74. The van der Waals surface area contributed by atoms with Crippen LogP contribution >= 0.6 is 0 Å². The summed E-state index contributed by atoms with van der Waals surface area (Å²) in [5.74, 6) is -2.03. The van der Waals surface area contributed by atoms with Gasteiger partial charge in [-0.15, -0.1) is 0 Å². The maximum Gasteiger partial charge on any atom is 0.407 e. The molecule has 0 saturated carbocycles. The number of nitrogens with one attached hydrogen (secondary N) is 4. The van der Waals surface area contributed by atoms with Gasteiger partial charge in [-0.05, 0) is 63.8 Å². The Morgan fingerprint density at radius 1 is 0.976 bits per heavy atom. The zero-order chi connectivity index (χ0) is 30.4. The number of aliphatic carboxylic acids is 1. The molecule has 4 aromatic rings. The van der Waals surface area contributed by atoms with E-state index in [0.717, 1.165) is 15.5 Å². The van der Waals surface area contributed by atoms with Gasteiger partial charge in [0, 0.05) is 30.1 Å². The molecule has 0 aliphatic carbocycles. The fourth-order valence-electron chi connectivity index (χ4n) is 4.77. The standard InChI is InChI=1S/C30H35N5O7/c1-30(2,3)42-29(41)31-15-9-8-14-23(27(38)39)33-25(36)24(16-18-17-32-21-12-6-4-10-19(18)21)35-26(37)20-11-5-7-13-22(20)34-28(35)40/h4-7,10-13,17,23-24,32H,8-9,14-16H2,1-3H3,(H,31,41)(H,33,36)(H,34,40)(H,38,39)/t23-,24-/m0/s1. The van der Waals surface area contributed by atoms with Crippen LogP contribution in [0.2, 0.25) is 0 Å². The predicted octanol–water partition coefficient (Wildman–Crippen LogP) is 3.22. The van der Waals surface area contributed by atoms with Gasteiger partial charge in [-0.3, -0.25) is 9.59 Å². The van der Waals surface area contributed by atoms with Crippen molar-refractivity contribution in [3.63, 3.8) is 0 Å². The van der Waals surface area contributed by atoms with Gasteiger partial charge in [0.2, 0.25) is 5.91 Å². The molecule has 0 aliphatic heterocycles. The topological polar surface area (TPSA) is 175 Å². The molecule has 5 N–H and O–H groups in total. The van der Waals surface area contributed by atoms with Crippen molar-refractivity contribution < 1.29 is 24.2 Å². The SMILES string of the molecule is CC(C)(C)OC(=O)NCCCC[C@H](NC(=O)[C@H](Cc1c[nH]c2ccccc12)n1c(=O)[nH]c2ccccc2c1=O)C(=O)O. The van der Waals surface area contributed by atoms with E-state index in [4.69, 9.17) is 4.74 Å². The summed E-state index contributed by atoms with van der Waals surface area (Å²) in [6.45, 7) is 5.51. The Balaban J connectivity index is 1.55. The monoisotopic (exact) mass is 577 g/mol. The molecule has 0 bridgehead atoms. The molecular formula is C30H35N5O7. The van der Waals surface area contributed by atoms with Gasteiger partial charge in [0.1, 0.15) is 17.7 Å². The van der Waals surface area contributed by atoms with E-state index in [1.165, 1.54) is 0 Å². The lowest BCUT2D eigenvalue weighted by atomic mass is 10.0. The summed E-state index contributed by atoms with van der Waals surface area (Å²) in [5.41, 5.74) is -0.243. The van der Waals surface area contributed by atoms with Gasteiger partial charge in [-0.1, -0.05) is 30.3 Å². The number of fused-ring (bicyclic) bond motifs is 2. The van der Waals surface area contributed by atoms with Crippen molar-refractivity contribution in [2.45, 2.75) is 64.1 Å². The lowest BCUT2D eigenvalue weighted by Crippen LogP contribution is -2.49. The number of hydrogen-bond acceptors (Lipinski definition) is 6. The maximum absolute atomic E-state index is 13.7. The molecule has 2 aromatic carbocycles. The van der Waals surface area contributed by atoms with Crippen LogP contribution in [0.15, 0.2) is 64.3 Å². The number of nitrogens with zero attached hydrogens (tertiary/aromatic N) is 1. The number of H-pyrrole nitrogens is 2. The highest BCUT2D eigenvalue weighted by atomic mass is 16.6. The molecule has 12 heteroatoms. The summed E-state index contributed by atoms with van der Waals surface area (Å²) in [6, 6.07) is 11.3. The summed E-state index contributed by atoms with van der Waals surface area (Å²) in [5, 5.41) is 16.0. The van der Waals surface area contributed by atoms with Crippen LogP contribution in [0.25, 0.3) is 21.8 Å². The van der Waals surface area contributed by atoms with Crippen LogP contribution in [-0.4, -0.2) is 55.8 Å². The highest BCUT2D eigenvalue weighted by Crippen LogP contribution is 2.23. The molecule has 0 unspecified atom stereocenters. The molecule has 2 aromatic heterocycles. The molecule has 12 nitrogen and oxygen atoms in total. The van der Waals surface area contributed by atoms with Crippen molar-refractivity contribution >= 4 is 39.8 Å². The largest absolute Gasteiger partial charge is 0.480 e. The van der Waals surface area contributed by atoms with E-state index >= 15 is 0 Å². The molecule has 42 heavy (non-hydrogen) atoms. The highest BCUT2D eigenvalue weighted by Gasteiger charge is 2.30. The molecule has 2 atom stereocenters. The molecule has 0 fully saturated rings. The van der Waals surface area contributed by atoms with Crippen LogP contribution in [0.1, 0.15) is 51.6 Å². The number of carboxylic acid groups (broad SMARTS) is 1. The molecule has 0 saturated heterocycles. The Morgan fingerprint density at radius 2 is 1.64 bits per heavy atom. The minimum atomic E-state index is -1.33. The van der Waals surface area contributed by atoms with Crippen molar-refractivity contribution in [2.75, 3.05) is 6.54 Å². The van der Waals surface area contributed by atoms with E-state index < -0.39 is 46.9 Å². The van der Waals surface area contributed by atoms with Gasteiger partial charge < -0.3 is 30.4 Å². The Hall–Kier alpha value is -4.87. The van der Waals surface area contributed by atoms with E-state index in [0.29, 0.717) is 23.9 Å². The Morgan fingerprint density at radius 3 is 2.33 bits per heavy atom. The predicted molar refractivity (Wildman–Crippen MR) is 158 cm³/mol. The first kappa shape index (κ1) is 30.1. The van der Waals surface area contributed by atoms with E-state index in [1.807, 2.05) is 24.3 Å². The molecule has 2 heterocycles. The Kier molecular flexibility index (Phi) is 9.14. The fraction of sp³-hybridized carbons (Fsp3) is 0.367. The number of carbonyl (C=O) groups excluding carboxylic acids is 2. The second kappa shape index (κ2) is 12.8. The van der Waals surface area contributed by atoms with Gasteiger partial charge in [0.25, 0.3) is 5.56 Å². The molecule has 4 rings (SSSR count). The third-order valence-electron chi connectivity index (χ3n) is 6.74. The number of aromatic amines is 2. The van der Waals surface area contributed by atoms with Crippen LogP contribution in [0.4, 0.5) is 4.79 Å². The van der Waals surface area contributed by atoms with Gasteiger partial charge in [-0.2, -0.15) is 0 Å². The molecule has 2 amide bonds. The summed E-state index contributed by atoms with van der Waals surface area (Å²) in [7, 11) is 0. The number of carbonyl (C=O) groups is 3. The third kappa shape index (κ3) is 7.25. The summed E-state index contributed by atoms with van der Waals surface area (Å²) >= 11 is 0. The number of ether oxygens (including phenoxy) is 1. The van der Waals surface area contributed by atoms with Crippen LogP contribution in [0, 0.1) is 0 Å². The number of rotatable bonds is 11.